The van der Waals surface area contributed by atoms with E-state index in [0.717, 1.165) is 0 Å². The Morgan fingerprint density at radius 1 is 1.56 bits per heavy atom. The summed E-state index contributed by atoms with van der Waals surface area (Å²) in [7, 11) is 0. The fourth-order valence-corrected chi connectivity index (χ4v) is 1.51. The molecule has 1 N–H and O–H groups in total. The number of carbonyl (C=O) groups excluding carboxylic acids is 1. The predicted molar refractivity (Wildman–Crippen MR) is 54.6 cm³/mol. The van der Waals surface area contributed by atoms with E-state index in [-0.39, 0.29) is 22.4 Å². The Morgan fingerprint density at radius 3 is 2.62 bits per heavy atom. The van der Waals surface area contributed by atoms with Crippen molar-refractivity contribution in [3.63, 3.8) is 0 Å². The number of carboxylic acid groups (broad SMARTS) is 1. The molecule has 0 fully saturated rings. The standard InChI is InChI=1S/C10H9NO5/c1-6-2-7(5-12)3-8(4-9(13)14)10(6)11(15)16/h2-3,5H,4H2,1H3,(H,13,14). The summed E-state index contributed by atoms with van der Waals surface area (Å²) >= 11 is 0. The largest absolute Gasteiger partial charge is 0.481 e. The highest BCUT2D eigenvalue weighted by Crippen LogP contribution is 2.25. The van der Waals surface area contributed by atoms with Crippen molar-refractivity contribution in [3.05, 3.63) is 38.9 Å². The van der Waals surface area contributed by atoms with E-state index in [9.17, 15) is 19.7 Å². The van der Waals surface area contributed by atoms with Gasteiger partial charge in [-0.1, -0.05) is 0 Å². The van der Waals surface area contributed by atoms with Gasteiger partial charge in [-0.2, -0.15) is 0 Å². The molecule has 0 aliphatic carbocycles. The maximum atomic E-state index is 10.7. The van der Waals surface area contributed by atoms with Gasteiger partial charge in [0.15, 0.2) is 0 Å². The molecule has 0 atom stereocenters. The Bertz CT molecular complexity index is 467. The van der Waals surface area contributed by atoms with Gasteiger partial charge < -0.3 is 5.11 Å². The van der Waals surface area contributed by atoms with Crippen LogP contribution >= 0.6 is 0 Å². The van der Waals surface area contributed by atoms with E-state index in [1.165, 1.54) is 19.1 Å². The number of rotatable bonds is 4. The molecule has 16 heavy (non-hydrogen) atoms. The summed E-state index contributed by atoms with van der Waals surface area (Å²) in [6, 6.07) is 2.59. The average molecular weight is 223 g/mol. The molecule has 0 bridgehead atoms. The minimum atomic E-state index is -1.18. The Morgan fingerprint density at radius 2 is 2.19 bits per heavy atom. The van der Waals surface area contributed by atoms with Gasteiger partial charge in [0.05, 0.1) is 11.3 Å². The number of aryl methyl sites for hydroxylation is 1. The number of aldehydes is 1. The number of carboxylic acids is 1. The summed E-state index contributed by atoms with van der Waals surface area (Å²) < 4.78 is 0. The van der Waals surface area contributed by atoms with Gasteiger partial charge in [0.25, 0.3) is 5.69 Å². The molecule has 0 radical (unpaired) electrons. The number of hydrogen-bond donors (Lipinski definition) is 1. The highest BCUT2D eigenvalue weighted by atomic mass is 16.6. The Kier molecular flexibility index (Phi) is 3.34. The lowest BCUT2D eigenvalue weighted by atomic mass is 10.0. The molecule has 6 heteroatoms. The van der Waals surface area contributed by atoms with Gasteiger partial charge in [-0.05, 0) is 19.1 Å². The van der Waals surface area contributed by atoms with E-state index < -0.39 is 17.3 Å². The van der Waals surface area contributed by atoms with Crippen LogP contribution in [0.1, 0.15) is 21.5 Å². The first-order valence-electron chi connectivity index (χ1n) is 4.40. The van der Waals surface area contributed by atoms with E-state index >= 15 is 0 Å². The lowest BCUT2D eigenvalue weighted by Crippen LogP contribution is -2.06. The third kappa shape index (κ3) is 2.41. The molecule has 0 spiro atoms. The van der Waals surface area contributed by atoms with Crippen LogP contribution in [0.3, 0.4) is 0 Å². The Labute approximate surface area is 90.7 Å². The molecule has 1 aromatic rings. The van der Waals surface area contributed by atoms with Crippen LogP contribution in [-0.2, 0) is 11.2 Å². The minimum Gasteiger partial charge on any atom is -0.481 e. The van der Waals surface area contributed by atoms with E-state index in [1.807, 2.05) is 0 Å². The second kappa shape index (κ2) is 4.52. The molecule has 1 aromatic carbocycles. The van der Waals surface area contributed by atoms with Crippen molar-refractivity contribution < 1.29 is 19.6 Å². The second-order valence-corrected chi connectivity index (χ2v) is 3.29. The van der Waals surface area contributed by atoms with Gasteiger partial charge in [-0.3, -0.25) is 19.7 Å². The number of carbonyl (C=O) groups is 2. The number of nitrogens with zero attached hydrogens (tertiary/aromatic N) is 1. The zero-order chi connectivity index (χ0) is 12.3. The highest BCUT2D eigenvalue weighted by Gasteiger charge is 2.20. The molecule has 1 rings (SSSR count). The Hall–Kier alpha value is -2.24. The summed E-state index contributed by atoms with van der Waals surface area (Å²) in [6.07, 6.45) is 0.0565. The average Bonchev–Trinajstić information content (AvgIpc) is 2.14. The fraction of sp³-hybridized carbons (Fsp3) is 0.200. The van der Waals surface area contributed by atoms with Crippen LogP contribution in [0.15, 0.2) is 12.1 Å². The van der Waals surface area contributed by atoms with Crippen LogP contribution in [0.25, 0.3) is 0 Å². The normalized spacial score (nSPS) is 9.81. The van der Waals surface area contributed by atoms with Gasteiger partial charge in [-0.25, -0.2) is 0 Å². The number of aliphatic carboxylic acids is 1. The van der Waals surface area contributed by atoms with Crippen molar-refractivity contribution in [1.82, 2.24) is 0 Å². The Balaban J connectivity index is 3.39. The zero-order valence-corrected chi connectivity index (χ0v) is 8.47. The van der Waals surface area contributed by atoms with Crippen molar-refractivity contribution in [3.8, 4) is 0 Å². The van der Waals surface area contributed by atoms with Gasteiger partial charge in [0.2, 0.25) is 0 Å². The highest BCUT2D eigenvalue weighted by molar-refractivity contribution is 5.79. The van der Waals surface area contributed by atoms with E-state index in [0.29, 0.717) is 6.29 Å². The monoisotopic (exact) mass is 223 g/mol. The van der Waals surface area contributed by atoms with Crippen LogP contribution in [0.5, 0.6) is 0 Å². The summed E-state index contributed by atoms with van der Waals surface area (Å²) in [4.78, 5) is 31.2. The molecule has 0 saturated heterocycles. The first kappa shape index (κ1) is 11.8. The summed E-state index contributed by atoms with van der Waals surface area (Å²) in [5.41, 5.74) is 0.317. The SMILES string of the molecule is Cc1cc(C=O)cc(CC(=O)O)c1[N+](=O)[O-]. The van der Waals surface area contributed by atoms with Gasteiger partial charge in [0.1, 0.15) is 6.29 Å². The molecule has 0 saturated carbocycles. The van der Waals surface area contributed by atoms with Crippen molar-refractivity contribution in [1.29, 1.82) is 0 Å². The maximum Gasteiger partial charge on any atom is 0.308 e. The lowest BCUT2D eigenvalue weighted by Gasteiger charge is -2.04. The zero-order valence-electron chi connectivity index (χ0n) is 8.47. The molecule has 84 valence electrons. The molecule has 0 amide bonds. The van der Waals surface area contributed by atoms with Crippen molar-refractivity contribution >= 4 is 17.9 Å². The number of hydrogen-bond acceptors (Lipinski definition) is 4. The van der Waals surface area contributed by atoms with E-state index in [2.05, 4.69) is 0 Å². The van der Waals surface area contributed by atoms with E-state index in [1.54, 1.807) is 0 Å². The third-order valence-corrected chi connectivity index (χ3v) is 2.06. The summed E-state index contributed by atoms with van der Waals surface area (Å²) in [5.74, 6) is -1.18. The number of benzene rings is 1. The summed E-state index contributed by atoms with van der Waals surface area (Å²) in [6.45, 7) is 1.47. The first-order chi connectivity index (χ1) is 7.45. The number of nitro groups is 1. The molecule has 0 unspecified atom stereocenters. The van der Waals surface area contributed by atoms with E-state index in [4.69, 9.17) is 5.11 Å². The molecule has 0 aliphatic heterocycles. The van der Waals surface area contributed by atoms with Gasteiger partial charge in [-0.15, -0.1) is 0 Å². The fourth-order valence-electron chi connectivity index (χ4n) is 1.51. The minimum absolute atomic E-state index is 0.0413. The first-order valence-corrected chi connectivity index (χ1v) is 4.40. The maximum absolute atomic E-state index is 10.7. The van der Waals surface area contributed by atoms with Crippen LogP contribution in [0.4, 0.5) is 5.69 Å². The smallest absolute Gasteiger partial charge is 0.308 e. The van der Waals surface area contributed by atoms with Crippen LogP contribution in [0, 0.1) is 17.0 Å². The van der Waals surface area contributed by atoms with Crippen molar-refractivity contribution in [2.24, 2.45) is 0 Å². The van der Waals surface area contributed by atoms with Gasteiger partial charge >= 0.3 is 5.97 Å². The topological polar surface area (TPSA) is 97.5 Å². The van der Waals surface area contributed by atoms with Crippen molar-refractivity contribution in [2.45, 2.75) is 13.3 Å². The van der Waals surface area contributed by atoms with Crippen LogP contribution in [0.2, 0.25) is 0 Å². The summed E-state index contributed by atoms with van der Waals surface area (Å²) in [5, 5.41) is 19.4. The molecular weight excluding hydrogens is 214 g/mol. The molecule has 6 nitrogen and oxygen atoms in total. The lowest BCUT2D eigenvalue weighted by molar-refractivity contribution is -0.386. The molecular formula is C10H9NO5. The van der Waals surface area contributed by atoms with Crippen molar-refractivity contribution in [2.75, 3.05) is 0 Å². The number of nitro benzene ring substituents is 1. The van der Waals surface area contributed by atoms with Gasteiger partial charge in [0, 0.05) is 16.7 Å². The molecule has 0 heterocycles. The quantitative estimate of drug-likeness (QED) is 0.472. The predicted octanol–water partition coefficient (Wildman–Crippen LogP) is 1.34. The van der Waals surface area contributed by atoms with Crippen LogP contribution in [-0.4, -0.2) is 22.3 Å². The molecule has 0 aromatic heterocycles. The third-order valence-electron chi connectivity index (χ3n) is 2.06. The second-order valence-electron chi connectivity index (χ2n) is 3.29. The van der Waals surface area contributed by atoms with Crippen LogP contribution < -0.4 is 0 Å². The molecule has 0 aliphatic rings.